The van der Waals surface area contributed by atoms with E-state index in [0.29, 0.717) is 0 Å². The zero-order valence-electron chi connectivity index (χ0n) is 4.32. The average molecular weight is 276 g/mol. The molecule has 5 N–H and O–H groups in total. The van der Waals surface area contributed by atoms with Crippen LogP contribution in [0.25, 0.3) is 0 Å². The minimum absolute atomic E-state index is 0. The fourth-order valence-electron chi connectivity index (χ4n) is 0. The van der Waals surface area contributed by atoms with Gasteiger partial charge in [-0.2, -0.15) is 8.42 Å². The first-order valence-electron chi connectivity index (χ1n) is 1.48. The quantitative estimate of drug-likeness (QED) is 0.180. The first kappa shape index (κ1) is 24.5. The van der Waals surface area contributed by atoms with Crippen molar-refractivity contribution in [2.45, 2.75) is 0 Å². The summed E-state index contributed by atoms with van der Waals surface area (Å²) in [6.45, 7) is 0. The van der Waals surface area contributed by atoms with Gasteiger partial charge in [0.1, 0.15) is 0 Å². The molecule has 0 spiro atoms. The third-order valence-electron chi connectivity index (χ3n) is 0. The van der Waals surface area contributed by atoms with Crippen LogP contribution in [0.4, 0.5) is 0 Å². The Balaban J connectivity index is -0.0000000457. The zero-order valence-corrected chi connectivity index (χ0v) is 6.03. The molecule has 0 aliphatic carbocycles. The molecule has 0 rings (SSSR count). The molecular weight excluding hydrogens is 269 g/mol. The first-order chi connectivity index (χ1) is 4.00. The van der Waals surface area contributed by atoms with Gasteiger partial charge >= 0.3 is 121 Å². The van der Waals surface area contributed by atoms with Crippen LogP contribution in [0.1, 0.15) is 0 Å². The maximum atomic E-state index is 8.88. The van der Waals surface area contributed by atoms with E-state index in [2.05, 4.69) is 0 Å². The molecule has 0 aliphatic rings. The van der Waals surface area contributed by atoms with Gasteiger partial charge in [-0.25, -0.2) is 4.57 Å². The number of hydrogen-bond donors (Lipinski definition) is 5. The summed E-state index contributed by atoms with van der Waals surface area (Å²) in [5.74, 6) is 0. The first-order valence-corrected chi connectivity index (χ1v) is 4.44. The van der Waals surface area contributed by atoms with Crippen LogP contribution in [0.3, 0.4) is 0 Å². The second kappa shape index (κ2) is 10.8. The Kier molecular flexibility index (Phi) is 21.9. The van der Waals surface area contributed by atoms with Crippen molar-refractivity contribution >= 4 is 121 Å². The Morgan fingerprint density at radius 3 is 0.917 bits per heavy atom. The molecule has 0 saturated carbocycles. The zero-order chi connectivity index (χ0) is 9.00. The summed E-state index contributed by atoms with van der Waals surface area (Å²) in [4.78, 5) is 21.6. The molecule has 0 aromatic heterocycles. The maximum absolute atomic E-state index is 8.88. The molecule has 0 aromatic rings. The molecular formula is H7K2O8PS. The van der Waals surface area contributed by atoms with E-state index in [9.17, 15) is 0 Å². The topological polar surface area (TPSA) is 152 Å². The Hall–Kier alpha value is 3.25. The molecule has 0 saturated heterocycles. The van der Waals surface area contributed by atoms with Gasteiger partial charge in [-0.05, 0) is 0 Å². The van der Waals surface area contributed by atoms with Crippen LogP contribution in [0, 0.1) is 0 Å². The summed E-state index contributed by atoms with van der Waals surface area (Å²) >= 11 is 0. The molecule has 0 fully saturated rings. The summed E-state index contributed by atoms with van der Waals surface area (Å²) < 4.78 is 40.5. The standard InChI is InChI=1S/2K.H3O4P.H2O4S.2H/c;;2*1-5(2,3)4;;/h;;(H3,1,2,3,4);(H2,1,2,3,4);;. The summed E-state index contributed by atoms with van der Waals surface area (Å²) in [6, 6.07) is 0. The summed E-state index contributed by atoms with van der Waals surface area (Å²) in [7, 11) is -9.31. The van der Waals surface area contributed by atoms with Crippen molar-refractivity contribution in [1.29, 1.82) is 0 Å². The van der Waals surface area contributed by atoms with Crippen molar-refractivity contribution in [2.75, 3.05) is 0 Å². The van der Waals surface area contributed by atoms with E-state index in [0.717, 1.165) is 0 Å². The number of rotatable bonds is 0. The van der Waals surface area contributed by atoms with Crippen LogP contribution in [-0.4, -0.2) is 135 Å². The second-order valence-corrected chi connectivity index (χ2v) is 2.88. The van der Waals surface area contributed by atoms with E-state index in [1.54, 1.807) is 0 Å². The molecule has 0 unspecified atom stereocenters. The summed E-state index contributed by atoms with van der Waals surface area (Å²) in [5, 5.41) is 0. The van der Waals surface area contributed by atoms with Crippen molar-refractivity contribution in [3.05, 3.63) is 0 Å². The Morgan fingerprint density at radius 2 is 0.917 bits per heavy atom. The Morgan fingerprint density at radius 1 is 0.917 bits per heavy atom. The molecule has 0 aromatic carbocycles. The summed E-state index contributed by atoms with van der Waals surface area (Å²) in [6.07, 6.45) is 0. The fourth-order valence-corrected chi connectivity index (χ4v) is 0. The van der Waals surface area contributed by atoms with Gasteiger partial charge in [0, 0.05) is 0 Å². The number of phosphoric acid groups is 1. The van der Waals surface area contributed by atoms with Gasteiger partial charge in [0.25, 0.3) is 0 Å². The third-order valence-corrected chi connectivity index (χ3v) is 0. The van der Waals surface area contributed by atoms with Gasteiger partial charge < -0.3 is 14.7 Å². The molecule has 0 aliphatic heterocycles. The molecule has 68 valence electrons. The van der Waals surface area contributed by atoms with Gasteiger partial charge in [0.05, 0.1) is 0 Å². The van der Waals surface area contributed by atoms with E-state index in [4.69, 9.17) is 36.8 Å². The molecule has 0 amide bonds. The molecule has 12 heavy (non-hydrogen) atoms. The van der Waals surface area contributed by atoms with Crippen molar-refractivity contribution in [3.63, 3.8) is 0 Å². The van der Waals surface area contributed by atoms with Crippen LogP contribution >= 0.6 is 7.82 Å². The van der Waals surface area contributed by atoms with E-state index in [1.165, 1.54) is 0 Å². The van der Waals surface area contributed by atoms with Crippen LogP contribution in [-0.2, 0) is 15.0 Å². The normalized spacial score (nSPS) is 9.75. The SMILES string of the molecule is O=P(O)(O)O.O=S(=O)(O)O.[KH].[KH]. The Labute approximate surface area is 154 Å². The Bertz CT molecular complexity index is 195. The van der Waals surface area contributed by atoms with E-state index >= 15 is 0 Å². The monoisotopic (exact) mass is 276 g/mol. The van der Waals surface area contributed by atoms with Crippen molar-refractivity contribution in [3.8, 4) is 0 Å². The van der Waals surface area contributed by atoms with E-state index in [-0.39, 0.29) is 103 Å². The van der Waals surface area contributed by atoms with E-state index < -0.39 is 18.2 Å². The van der Waals surface area contributed by atoms with Crippen LogP contribution in [0.5, 0.6) is 0 Å². The average Bonchev–Trinajstić information content (AvgIpc) is 1.12. The van der Waals surface area contributed by atoms with Crippen molar-refractivity contribution in [2.24, 2.45) is 0 Å². The van der Waals surface area contributed by atoms with Gasteiger partial charge in [-0.3, -0.25) is 9.11 Å². The van der Waals surface area contributed by atoms with Gasteiger partial charge in [0.15, 0.2) is 0 Å². The van der Waals surface area contributed by atoms with Crippen molar-refractivity contribution in [1.82, 2.24) is 0 Å². The summed E-state index contributed by atoms with van der Waals surface area (Å²) in [5.41, 5.74) is 0. The molecule has 0 heterocycles. The van der Waals surface area contributed by atoms with E-state index in [1.807, 2.05) is 0 Å². The second-order valence-electron chi connectivity index (χ2n) is 0.961. The molecule has 12 heteroatoms. The molecule has 8 nitrogen and oxygen atoms in total. The minimum atomic E-state index is -4.67. The van der Waals surface area contributed by atoms with Crippen LogP contribution < -0.4 is 0 Å². The number of hydrogen-bond acceptors (Lipinski definition) is 3. The predicted molar refractivity (Wildman–Crippen MR) is 42.7 cm³/mol. The molecule has 0 atom stereocenters. The predicted octanol–water partition coefficient (Wildman–Crippen LogP) is -2.88. The van der Waals surface area contributed by atoms with Gasteiger partial charge in [-0.1, -0.05) is 0 Å². The van der Waals surface area contributed by atoms with Crippen LogP contribution in [0.2, 0.25) is 0 Å². The third kappa shape index (κ3) is 188. The van der Waals surface area contributed by atoms with Crippen molar-refractivity contribution < 1.29 is 36.8 Å². The van der Waals surface area contributed by atoms with Gasteiger partial charge in [0.2, 0.25) is 0 Å². The fraction of sp³-hybridized carbons (Fsp3) is 0. The van der Waals surface area contributed by atoms with Crippen LogP contribution in [0.15, 0.2) is 0 Å². The molecule has 0 radical (unpaired) electrons. The van der Waals surface area contributed by atoms with Gasteiger partial charge in [-0.15, -0.1) is 0 Å². The molecule has 0 bridgehead atoms.